The maximum absolute atomic E-state index is 13.0. The molecule has 0 aliphatic rings. The number of hydrogen-bond acceptors (Lipinski definition) is 6. The molecule has 0 saturated heterocycles. The summed E-state index contributed by atoms with van der Waals surface area (Å²) in [6, 6.07) is 16.1. The third-order valence-electron chi connectivity index (χ3n) is 4.32. The fourth-order valence-corrected chi connectivity index (χ4v) is 5.38. The Bertz CT molecular complexity index is 1350. The van der Waals surface area contributed by atoms with E-state index in [-0.39, 0.29) is 16.5 Å². The predicted molar refractivity (Wildman–Crippen MR) is 123 cm³/mol. The monoisotopic (exact) mass is 473 g/mol. The van der Waals surface area contributed by atoms with Crippen LogP contribution in [0.5, 0.6) is 0 Å². The topological polar surface area (TPSA) is 88.2 Å². The van der Waals surface area contributed by atoms with Crippen LogP contribution >= 0.6 is 23.1 Å². The van der Waals surface area contributed by atoms with E-state index in [1.165, 1.54) is 36.4 Å². The van der Waals surface area contributed by atoms with Crippen LogP contribution in [0.1, 0.15) is 10.4 Å². The van der Waals surface area contributed by atoms with Crippen molar-refractivity contribution in [2.24, 2.45) is 0 Å². The second kappa shape index (κ2) is 8.66. The number of hydrogen-bond donors (Lipinski definition) is 2. The van der Waals surface area contributed by atoms with Gasteiger partial charge in [-0.3, -0.25) is 9.52 Å². The first kappa shape index (κ1) is 21.3. The van der Waals surface area contributed by atoms with E-state index in [0.29, 0.717) is 11.3 Å². The molecule has 31 heavy (non-hydrogen) atoms. The Morgan fingerprint density at radius 1 is 1.00 bits per heavy atom. The van der Waals surface area contributed by atoms with Gasteiger partial charge in [-0.1, -0.05) is 11.8 Å². The van der Waals surface area contributed by atoms with Crippen molar-refractivity contribution in [1.29, 1.82) is 0 Å². The zero-order valence-corrected chi connectivity index (χ0v) is 18.6. The smallest absolute Gasteiger partial charge is 0.261 e. The van der Waals surface area contributed by atoms with Gasteiger partial charge >= 0.3 is 0 Å². The SMILES string of the molecule is CSc1nc2ccc(NC(=O)c3ccc(NS(=O)(=O)c4ccc(F)cc4)cc3)cc2s1. The van der Waals surface area contributed by atoms with Crippen LogP contribution in [-0.2, 0) is 10.0 Å². The van der Waals surface area contributed by atoms with Gasteiger partial charge < -0.3 is 5.32 Å². The Balaban J connectivity index is 1.46. The van der Waals surface area contributed by atoms with E-state index in [2.05, 4.69) is 15.0 Å². The molecule has 0 aliphatic carbocycles. The van der Waals surface area contributed by atoms with E-state index in [1.807, 2.05) is 18.4 Å². The van der Waals surface area contributed by atoms with Crippen LogP contribution in [-0.4, -0.2) is 25.6 Å². The number of benzene rings is 3. The van der Waals surface area contributed by atoms with Crippen molar-refractivity contribution >= 4 is 60.6 Å². The lowest BCUT2D eigenvalue weighted by Gasteiger charge is -2.09. The molecule has 0 spiro atoms. The Morgan fingerprint density at radius 3 is 2.35 bits per heavy atom. The third-order valence-corrected chi connectivity index (χ3v) is 7.73. The number of carbonyl (C=O) groups is 1. The van der Waals surface area contributed by atoms with Gasteiger partial charge in [0, 0.05) is 16.9 Å². The Hall–Kier alpha value is -2.95. The van der Waals surface area contributed by atoms with Crippen molar-refractivity contribution in [3.8, 4) is 0 Å². The summed E-state index contributed by atoms with van der Waals surface area (Å²) in [6.45, 7) is 0. The van der Waals surface area contributed by atoms with Crippen molar-refractivity contribution in [2.45, 2.75) is 9.24 Å². The van der Waals surface area contributed by atoms with Crippen LogP contribution < -0.4 is 10.0 Å². The molecule has 0 radical (unpaired) electrons. The normalized spacial score (nSPS) is 11.4. The number of halogens is 1. The van der Waals surface area contributed by atoms with Crippen molar-refractivity contribution in [3.63, 3.8) is 0 Å². The summed E-state index contributed by atoms with van der Waals surface area (Å²) in [5, 5.41) is 2.84. The number of anilines is 2. The molecule has 4 rings (SSSR count). The summed E-state index contributed by atoms with van der Waals surface area (Å²) in [5.74, 6) is -0.838. The number of carbonyl (C=O) groups excluding carboxylic acids is 1. The van der Waals surface area contributed by atoms with Crippen molar-refractivity contribution < 1.29 is 17.6 Å². The molecule has 3 aromatic carbocycles. The van der Waals surface area contributed by atoms with Gasteiger partial charge in [0.05, 0.1) is 15.1 Å². The van der Waals surface area contributed by atoms with Gasteiger partial charge in [0.1, 0.15) is 5.82 Å². The van der Waals surface area contributed by atoms with Crippen molar-refractivity contribution in [3.05, 3.63) is 78.1 Å². The van der Waals surface area contributed by atoms with E-state index in [4.69, 9.17) is 0 Å². The molecular weight excluding hydrogens is 457 g/mol. The number of nitrogens with zero attached hydrogens (tertiary/aromatic N) is 1. The minimum absolute atomic E-state index is 0.0567. The molecule has 0 unspecified atom stereocenters. The molecular formula is C21H16FN3O3S3. The van der Waals surface area contributed by atoms with E-state index in [1.54, 1.807) is 29.2 Å². The van der Waals surface area contributed by atoms with E-state index >= 15 is 0 Å². The minimum atomic E-state index is -3.86. The molecule has 1 amide bonds. The number of nitrogens with one attached hydrogen (secondary N) is 2. The van der Waals surface area contributed by atoms with Gasteiger partial charge in [-0.25, -0.2) is 17.8 Å². The first-order chi connectivity index (χ1) is 14.8. The van der Waals surface area contributed by atoms with Crippen LogP contribution in [0, 0.1) is 5.82 Å². The van der Waals surface area contributed by atoms with Gasteiger partial charge in [0.2, 0.25) is 0 Å². The predicted octanol–water partition coefficient (Wildman–Crippen LogP) is 5.21. The molecule has 158 valence electrons. The lowest BCUT2D eigenvalue weighted by atomic mass is 10.2. The first-order valence-corrected chi connectivity index (χ1v) is 12.5. The lowest BCUT2D eigenvalue weighted by molar-refractivity contribution is 0.102. The van der Waals surface area contributed by atoms with E-state index in [0.717, 1.165) is 26.7 Å². The van der Waals surface area contributed by atoms with Crippen LogP contribution in [0.25, 0.3) is 10.2 Å². The third kappa shape index (κ3) is 4.87. The molecule has 0 fully saturated rings. The second-order valence-corrected chi connectivity index (χ2v) is 10.2. The lowest BCUT2D eigenvalue weighted by Crippen LogP contribution is -2.14. The van der Waals surface area contributed by atoms with Crippen LogP contribution in [0.2, 0.25) is 0 Å². The average Bonchev–Trinajstić information content (AvgIpc) is 3.17. The molecule has 4 aromatic rings. The number of rotatable bonds is 6. The van der Waals surface area contributed by atoms with Crippen LogP contribution in [0.3, 0.4) is 0 Å². The Kier molecular flexibility index (Phi) is 5.94. The highest BCUT2D eigenvalue weighted by atomic mass is 32.2. The van der Waals surface area contributed by atoms with Crippen molar-refractivity contribution in [2.75, 3.05) is 16.3 Å². The molecule has 0 aliphatic heterocycles. The largest absolute Gasteiger partial charge is 0.322 e. The Labute approximate surface area is 186 Å². The number of aromatic nitrogens is 1. The number of thioether (sulfide) groups is 1. The van der Waals surface area contributed by atoms with Crippen LogP contribution in [0.4, 0.5) is 15.8 Å². The molecule has 0 saturated carbocycles. The summed E-state index contributed by atoms with van der Waals surface area (Å²) in [4.78, 5) is 17.0. The fourth-order valence-electron chi connectivity index (χ4n) is 2.79. The quantitative estimate of drug-likeness (QED) is 0.375. The van der Waals surface area contributed by atoms with Gasteiger partial charge in [0.15, 0.2) is 4.34 Å². The number of fused-ring (bicyclic) bond motifs is 1. The maximum atomic E-state index is 13.0. The highest BCUT2D eigenvalue weighted by Crippen LogP contribution is 2.30. The minimum Gasteiger partial charge on any atom is -0.322 e. The average molecular weight is 474 g/mol. The maximum Gasteiger partial charge on any atom is 0.261 e. The standard InChI is InChI=1S/C21H16FN3O3S3/c1-29-21-24-18-11-8-16(12-19(18)30-21)23-20(26)13-2-6-15(7-3-13)25-31(27,28)17-9-4-14(22)5-10-17/h2-12,25H,1H3,(H,23,26). The first-order valence-electron chi connectivity index (χ1n) is 8.98. The Morgan fingerprint density at radius 2 is 1.68 bits per heavy atom. The zero-order chi connectivity index (χ0) is 22.0. The fraction of sp³-hybridized carbons (Fsp3) is 0.0476. The molecule has 2 N–H and O–H groups in total. The number of amides is 1. The molecule has 1 heterocycles. The number of thiazole rings is 1. The van der Waals surface area contributed by atoms with Gasteiger partial charge in [-0.05, 0) is 73.0 Å². The van der Waals surface area contributed by atoms with Crippen molar-refractivity contribution in [1.82, 2.24) is 4.98 Å². The summed E-state index contributed by atoms with van der Waals surface area (Å²) in [5.41, 5.74) is 2.19. The van der Waals surface area contributed by atoms with Gasteiger partial charge in [-0.15, -0.1) is 11.3 Å². The zero-order valence-electron chi connectivity index (χ0n) is 16.1. The molecule has 1 aromatic heterocycles. The molecule has 10 heteroatoms. The summed E-state index contributed by atoms with van der Waals surface area (Å²) in [6.07, 6.45) is 1.96. The second-order valence-electron chi connectivity index (χ2n) is 6.46. The molecule has 0 bridgehead atoms. The van der Waals surface area contributed by atoms with Gasteiger partial charge in [0.25, 0.3) is 15.9 Å². The summed E-state index contributed by atoms with van der Waals surface area (Å²) >= 11 is 3.13. The highest BCUT2D eigenvalue weighted by Gasteiger charge is 2.15. The highest BCUT2D eigenvalue weighted by molar-refractivity contribution is 8.00. The van der Waals surface area contributed by atoms with E-state index < -0.39 is 15.8 Å². The van der Waals surface area contributed by atoms with Gasteiger partial charge in [-0.2, -0.15) is 0 Å². The summed E-state index contributed by atoms with van der Waals surface area (Å²) in [7, 11) is -3.86. The molecule has 6 nitrogen and oxygen atoms in total. The molecule has 0 atom stereocenters. The number of sulfonamides is 1. The van der Waals surface area contributed by atoms with E-state index in [9.17, 15) is 17.6 Å². The summed E-state index contributed by atoms with van der Waals surface area (Å²) < 4.78 is 42.1. The van der Waals surface area contributed by atoms with Crippen LogP contribution in [0.15, 0.2) is 76.0 Å².